The van der Waals surface area contributed by atoms with E-state index < -0.39 is 0 Å². The van der Waals surface area contributed by atoms with Gasteiger partial charge in [0.2, 0.25) is 5.89 Å². The monoisotopic (exact) mass is 376 g/mol. The van der Waals surface area contributed by atoms with Gasteiger partial charge in [0.05, 0.1) is 21.0 Å². The molecule has 1 aromatic carbocycles. The lowest BCUT2D eigenvalue weighted by atomic mass is 10.3. The van der Waals surface area contributed by atoms with Crippen molar-refractivity contribution in [2.45, 2.75) is 6.42 Å². The molecule has 120 valence electrons. The first-order chi connectivity index (χ1) is 11.7. The van der Waals surface area contributed by atoms with Gasteiger partial charge in [-0.15, -0.1) is 27.8 Å². The Kier molecular flexibility index (Phi) is 4.01. The SMILES string of the molecule is O=C(Nc1nnc(Cc2ccc(Cl)s2)o1)c1nc2ccccc2s1. The summed E-state index contributed by atoms with van der Waals surface area (Å²) in [7, 11) is 0. The van der Waals surface area contributed by atoms with Crippen LogP contribution < -0.4 is 5.32 Å². The average Bonchev–Trinajstić information content (AvgIpc) is 3.27. The minimum absolute atomic E-state index is 0.0527. The van der Waals surface area contributed by atoms with Crippen LogP contribution in [0.1, 0.15) is 20.6 Å². The van der Waals surface area contributed by atoms with Crippen LogP contribution in [0.25, 0.3) is 10.2 Å². The Morgan fingerprint density at radius 1 is 1.17 bits per heavy atom. The van der Waals surface area contributed by atoms with E-state index in [9.17, 15) is 4.79 Å². The highest BCUT2D eigenvalue weighted by Crippen LogP contribution is 2.24. The first-order valence-corrected chi connectivity index (χ1v) is 8.92. The number of benzene rings is 1. The predicted octanol–water partition coefficient (Wildman–Crippen LogP) is 4.24. The molecule has 0 atom stereocenters. The molecule has 0 aliphatic rings. The maximum absolute atomic E-state index is 12.2. The predicted molar refractivity (Wildman–Crippen MR) is 94.0 cm³/mol. The quantitative estimate of drug-likeness (QED) is 0.576. The zero-order valence-corrected chi connectivity index (χ0v) is 14.4. The highest BCUT2D eigenvalue weighted by atomic mass is 35.5. The van der Waals surface area contributed by atoms with Gasteiger partial charge in [-0.05, 0) is 24.3 Å². The van der Waals surface area contributed by atoms with Crippen molar-refractivity contribution >= 4 is 56.4 Å². The molecule has 4 aromatic rings. The second kappa shape index (κ2) is 6.31. The number of nitrogens with one attached hydrogen (secondary N) is 1. The van der Waals surface area contributed by atoms with E-state index >= 15 is 0 Å². The van der Waals surface area contributed by atoms with Crippen molar-refractivity contribution in [3.05, 3.63) is 56.5 Å². The Balaban J connectivity index is 1.47. The number of amides is 1. The first-order valence-electron chi connectivity index (χ1n) is 6.91. The molecule has 0 unspecified atom stereocenters. The van der Waals surface area contributed by atoms with Gasteiger partial charge < -0.3 is 4.42 Å². The van der Waals surface area contributed by atoms with Crippen molar-refractivity contribution in [3.63, 3.8) is 0 Å². The molecule has 0 fully saturated rings. The van der Waals surface area contributed by atoms with Crippen molar-refractivity contribution in [2.24, 2.45) is 0 Å². The highest BCUT2D eigenvalue weighted by Gasteiger charge is 2.16. The zero-order chi connectivity index (χ0) is 16.5. The Morgan fingerprint density at radius 3 is 2.83 bits per heavy atom. The van der Waals surface area contributed by atoms with Crippen molar-refractivity contribution in [1.82, 2.24) is 15.2 Å². The second-order valence-electron chi connectivity index (χ2n) is 4.82. The number of hydrogen-bond acceptors (Lipinski definition) is 7. The Hall–Kier alpha value is -2.29. The summed E-state index contributed by atoms with van der Waals surface area (Å²) in [5.41, 5.74) is 0.786. The normalized spacial score (nSPS) is 11.0. The molecule has 0 spiro atoms. The Labute approximate surface area is 149 Å². The lowest BCUT2D eigenvalue weighted by Crippen LogP contribution is -2.11. The molecular formula is C15H9ClN4O2S2. The van der Waals surface area contributed by atoms with E-state index in [0.717, 1.165) is 15.1 Å². The summed E-state index contributed by atoms with van der Waals surface area (Å²) in [6, 6.07) is 11.3. The summed E-state index contributed by atoms with van der Waals surface area (Å²) in [6.07, 6.45) is 0.474. The number of aromatic nitrogens is 3. The fraction of sp³-hybridized carbons (Fsp3) is 0.0667. The summed E-state index contributed by atoms with van der Waals surface area (Å²) in [5.74, 6) is 0.0404. The van der Waals surface area contributed by atoms with E-state index in [2.05, 4.69) is 20.5 Å². The number of carbonyl (C=O) groups excluding carboxylic acids is 1. The first kappa shape index (κ1) is 15.3. The molecule has 0 aliphatic carbocycles. The van der Waals surface area contributed by atoms with Crippen LogP contribution in [0.2, 0.25) is 4.34 Å². The Morgan fingerprint density at radius 2 is 2.04 bits per heavy atom. The molecule has 0 bridgehead atoms. The standard InChI is InChI=1S/C15H9ClN4O2S2/c16-11-6-5-8(23-11)7-12-19-20-15(22-12)18-13(21)14-17-9-3-1-2-4-10(9)24-14/h1-6H,7H2,(H,18,20,21). The number of nitrogens with zero attached hydrogens (tertiary/aromatic N) is 3. The van der Waals surface area contributed by atoms with E-state index in [-0.39, 0.29) is 11.9 Å². The van der Waals surface area contributed by atoms with Crippen molar-refractivity contribution < 1.29 is 9.21 Å². The van der Waals surface area contributed by atoms with E-state index in [0.29, 0.717) is 21.7 Å². The number of halogens is 1. The fourth-order valence-electron chi connectivity index (χ4n) is 2.09. The number of rotatable bonds is 4. The molecule has 0 saturated carbocycles. The second-order valence-corrected chi connectivity index (χ2v) is 7.65. The van der Waals surface area contributed by atoms with Gasteiger partial charge in [-0.2, -0.15) is 0 Å². The van der Waals surface area contributed by atoms with Crippen LogP contribution >= 0.6 is 34.3 Å². The maximum Gasteiger partial charge on any atom is 0.322 e. The van der Waals surface area contributed by atoms with Crippen LogP contribution in [0.5, 0.6) is 0 Å². The molecule has 1 amide bonds. The number of carbonyl (C=O) groups is 1. The van der Waals surface area contributed by atoms with Crippen LogP contribution in [-0.2, 0) is 6.42 Å². The van der Waals surface area contributed by atoms with Gasteiger partial charge in [0.15, 0.2) is 5.01 Å². The summed E-state index contributed by atoms with van der Waals surface area (Å²) >= 11 is 8.65. The molecule has 9 heteroatoms. The summed E-state index contributed by atoms with van der Waals surface area (Å²) in [4.78, 5) is 17.5. The maximum atomic E-state index is 12.2. The molecule has 0 aliphatic heterocycles. The summed E-state index contributed by atoms with van der Waals surface area (Å²) < 4.78 is 7.10. The van der Waals surface area contributed by atoms with Crippen LogP contribution in [-0.4, -0.2) is 21.1 Å². The zero-order valence-electron chi connectivity index (χ0n) is 12.0. The largest absolute Gasteiger partial charge is 0.407 e. The van der Waals surface area contributed by atoms with Gasteiger partial charge in [0.25, 0.3) is 5.91 Å². The van der Waals surface area contributed by atoms with Gasteiger partial charge in [-0.25, -0.2) is 4.98 Å². The molecule has 3 aromatic heterocycles. The van der Waals surface area contributed by atoms with Crippen molar-refractivity contribution in [3.8, 4) is 0 Å². The van der Waals surface area contributed by atoms with Gasteiger partial charge in [-0.1, -0.05) is 28.8 Å². The topological polar surface area (TPSA) is 80.9 Å². The van der Waals surface area contributed by atoms with E-state index in [1.807, 2.05) is 36.4 Å². The number of thiophene rings is 1. The third kappa shape index (κ3) is 3.16. The third-order valence-electron chi connectivity index (χ3n) is 3.13. The van der Waals surface area contributed by atoms with E-state index in [1.165, 1.54) is 22.7 Å². The third-order valence-corrected chi connectivity index (χ3v) is 5.40. The molecule has 3 heterocycles. The number of thiazole rings is 1. The van der Waals surface area contributed by atoms with Crippen molar-refractivity contribution in [2.75, 3.05) is 5.32 Å². The fourth-order valence-corrected chi connectivity index (χ4v) is 4.03. The average molecular weight is 377 g/mol. The van der Waals surface area contributed by atoms with Gasteiger partial charge in [0.1, 0.15) is 0 Å². The van der Waals surface area contributed by atoms with Gasteiger partial charge >= 0.3 is 6.01 Å². The molecular weight excluding hydrogens is 368 g/mol. The molecule has 1 N–H and O–H groups in total. The minimum atomic E-state index is -0.370. The minimum Gasteiger partial charge on any atom is -0.407 e. The molecule has 0 radical (unpaired) electrons. The smallest absolute Gasteiger partial charge is 0.322 e. The summed E-state index contributed by atoms with van der Waals surface area (Å²) in [6.45, 7) is 0. The van der Waals surface area contributed by atoms with Crippen LogP contribution in [0.4, 0.5) is 6.01 Å². The summed E-state index contributed by atoms with van der Waals surface area (Å²) in [5, 5.41) is 10.7. The lowest BCUT2D eigenvalue weighted by Gasteiger charge is -1.95. The van der Waals surface area contributed by atoms with Gasteiger partial charge in [-0.3, -0.25) is 10.1 Å². The highest BCUT2D eigenvalue weighted by molar-refractivity contribution is 7.20. The Bertz CT molecular complexity index is 990. The molecule has 6 nitrogen and oxygen atoms in total. The van der Waals surface area contributed by atoms with Crippen LogP contribution in [0, 0.1) is 0 Å². The lowest BCUT2D eigenvalue weighted by molar-refractivity contribution is 0.102. The van der Waals surface area contributed by atoms with Crippen LogP contribution in [0.15, 0.2) is 40.8 Å². The van der Waals surface area contributed by atoms with E-state index in [4.69, 9.17) is 16.0 Å². The molecule has 24 heavy (non-hydrogen) atoms. The van der Waals surface area contributed by atoms with Crippen molar-refractivity contribution in [1.29, 1.82) is 0 Å². The molecule has 0 saturated heterocycles. The molecule has 4 rings (SSSR count). The number of hydrogen-bond donors (Lipinski definition) is 1. The number of para-hydroxylation sites is 1. The van der Waals surface area contributed by atoms with E-state index in [1.54, 1.807) is 0 Å². The number of anilines is 1. The van der Waals surface area contributed by atoms with Gasteiger partial charge in [0, 0.05) is 4.88 Å². The van der Waals surface area contributed by atoms with Crippen LogP contribution in [0.3, 0.4) is 0 Å². The number of fused-ring (bicyclic) bond motifs is 1.